The summed E-state index contributed by atoms with van der Waals surface area (Å²) in [7, 11) is 0. The van der Waals surface area contributed by atoms with E-state index in [1.54, 1.807) is 6.92 Å². The van der Waals surface area contributed by atoms with Crippen molar-refractivity contribution < 1.29 is 4.79 Å². The quantitative estimate of drug-likeness (QED) is 0.656. The Balaban J connectivity index is 3.94. The predicted molar refractivity (Wildman–Crippen MR) is 47.8 cm³/mol. The minimum absolute atomic E-state index is 0.0986. The molecule has 66 valence electrons. The van der Waals surface area contributed by atoms with Crippen molar-refractivity contribution in [1.29, 1.82) is 0 Å². The highest BCUT2D eigenvalue weighted by atomic mass is 35.5. The smallest absolute Gasteiger partial charge is 0.238 e. The second-order valence-corrected chi connectivity index (χ2v) is 4.00. The van der Waals surface area contributed by atoms with Gasteiger partial charge < -0.3 is 5.32 Å². The summed E-state index contributed by atoms with van der Waals surface area (Å²) in [5.41, 5.74) is -0.139. The topological polar surface area (TPSA) is 29.1 Å². The van der Waals surface area contributed by atoms with E-state index in [9.17, 15) is 4.79 Å². The Morgan fingerprint density at radius 2 is 2.09 bits per heavy atom. The molecule has 0 aromatic rings. The lowest BCUT2D eigenvalue weighted by Crippen LogP contribution is -2.45. The van der Waals surface area contributed by atoms with E-state index < -0.39 is 5.38 Å². The SMILES string of the molecule is CCC(C)(C)NC(=O)[C@@H](C)Cl. The van der Waals surface area contributed by atoms with Gasteiger partial charge in [0.05, 0.1) is 0 Å². The standard InChI is InChI=1S/C8H16ClNO/c1-5-8(3,4)10-7(11)6(2)9/h6H,5H2,1-4H3,(H,10,11)/t6-/m1/s1. The molecule has 1 atom stereocenters. The van der Waals surface area contributed by atoms with Crippen LogP contribution in [0.5, 0.6) is 0 Å². The van der Waals surface area contributed by atoms with Gasteiger partial charge in [-0.3, -0.25) is 4.79 Å². The molecule has 0 saturated carbocycles. The van der Waals surface area contributed by atoms with Crippen molar-refractivity contribution in [3.05, 3.63) is 0 Å². The second kappa shape index (κ2) is 3.96. The van der Waals surface area contributed by atoms with Crippen LogP contribution < -0.4 is 5.32 Å². The summed E-state index contributed by atoms with van der Waals surface area (Å²) in [6.45, 7) is 7.65. The number of nitrogens with one attached hydrogen (secondary N) is 1. The largest absolute Gasteiger partial charge is 0.350 e. The van der Waals surface area contributed by atoms with Crippen molar-refractivity contribution in [3.8, 4) is 0 Å². The van der Waals surface area contributed by atoms with Crippen molar-refractivity contribution in [2.75, 3.05) is 0 Å². The van der Waals surface area contributed by atoms with Gasteiger partial charge in [-0.05, 0) is 27.2 Å². The summed E-state index contributed by atoms with van der Waals surface area (Å²) in [5, 5.41) is 2.39. The van der Waals surface area contributed by atoms with E-state index in [0.717, 1.165) is 6.42 Å². The van der Waals surface area contributed by atoms with E-state index in [-0.39, 0.29) is 11.4 Å². The molecule has 2 nitrogen and oxygen atoms in total. The normalized spacial score (nSPS) is 14.3. The highest BCUT2D eigenvalue weighted by molar-refractivity contribution is 6.30. The first kappa shape index (κ1) is 10.8. The maximum absolute atomic E-state index is 11.1. The summed E-state index contributed by atoms with van der Waals surface area (Å²) in [6, 6.07) is 0. The number of halogens is 1. The number of carbonyl (C=O) groups excluding carboxylic acids is 1. The minimum atomic E-state index is -0.444. The van der Waals surface area contributed by atoms with E-state index in [2.05, 4.69) is 5.32 Å². The molecule has 3 heteroatoms. The van der Waals surface area contributed by atoms with Crippen LogP contribution in [0, 0.1) is 0 Å². The number of carbonyl (C=O) groups is 1. The molecule has 0 aliphatic carbocycles. The first-order valence-corrected chi connectivity index (χ1v) is 4.29. The number of hydrogen-bond donors (Lipinski definition) is 1. The molecule has 0 aromatic carbocycles. The molecule has 0 rings (SSSR count). The summed E-state index contributed by atoms with van der Waals surface area (Å²) in [6.07, 6.45) is 0.905. The minimum Gasteiger partial charge on any atom is -0.350 e. The fourth-order valence-corrected chi connectivity index (χ4v) is 0.576. The van der Waals surface area contributed by atoms with Gasteiger partial charge in [-0.15, -0.1) is 11.6 Å². The van der Waals surface area contributed by atoms with Crippen molar-refractivity contribution in [1.82, 2.24) is 5.32 Å². The van der Waals surface area contributed by atoms with Gasteiger partial charge in [0.1, 0.15) is 5.38 Å². The molecule has 0 aromatic heterocycles. The Hall–Kier alpha value is -0.240. The van der Waals surface area contributed by atoms with Crippen LogP contribution in [-0.2, 0) is 4.79 Å². The molecule has 11 heavy (non-hydrogen) atoms. The van der Waals surface area contributed by atoms with Crippen LogP contribution in [0.25, 0.3) is 0 Å². The first-order valence-electron chi connectivity index (χ1n) is 3.85. The maximum Gasteiger partial charge on any atom is 0.238 e. The third-order valence-electron chi connectivity index (χ3n) is 1.71. The number of rotatable bonds is 3. The van der Waals surface area contributed by atoms with Gasteiger partial charge in [0.25, 0.3) is 0 Å². The van der Waals surface area contributed by atoms with Crippen molar-refractivity contribution in [2.24, 2.45) is 0 Å². The Kier molecular flexibility index (Phi) is 3.87. The van der Waals surface area contributed by atoms with E-state index in [1.807, 2.05) is 20.8 Å². The van der Waals surface area contributed by atoms with E-state index >= 15 is 0 Å². The molecular weight excluding hydrogens is 162 g/mol. The summed E-state index contributed by atoms with van der Waals surface area (Å²) in [4.78, 5) is 11.1. The molecular formula is C8H16ClNO. The molecule has 0 spiro atoms. The molecule has 0 aliphatic rings. The van der Waals surface area contributed by atoms with E-state index in [0.29, 0.717) is 0 Å². The zero-order valence-electron chi connectivity index (χ0n) is 7.57. The van der Waals surface area contributed by atoms with Gasteiger partial charge in [0.2, 0.25) is 5.91 Å². The monoisotopic (exact) mass is 177 g/mol. The van der Waals surface area contributed by atoms with Crippen LogP contribution in [-0.4, -0.2) is 16.8 Å². The fraction of sp³-hybridized carbons (Fsp3) is 0.875. The highest BCUT2D eigenvalue weighted by Crippen LogP contribution is 2.07. The third-order valence-corrected chi connectivity index (χ3v) is 1.90. The van der Waals surface area contributed by atoms with Crippen LogP contribution in [0.2, 0.25) is 0 Å². The molecule has 0 saturated heterocycles. The van der Waals surface area contributed by atoms with E-state index in [4.69, 9.17) is 11.6 Å². The lowest BCUT2D eigenvalue weighted by Gasteiger charge is -2.25. The van der Waals surface area contributed by atoms with Gasteiger partial charge in [-0.1, -0.05) is 6.92 Å². The molecule has 0 radical (unpaired) electrons. The number of hydrogen-bond acceptors (Lipinski definition) is 1. The van der Waals surface area contributed by atoms with Crippen molar-refractivity contribution in [2.45, 2.75) is 45.0 Å². The predicted octanol–water partition coefficient (Wildman–Crippen LogP) is 1.92. The lowest BCUT2D eigenvalue weighted by atomic mass is 10.0. The molecule has 0 aliphatic heterocycles. The Morgan fingerprint density at radius 3 is 2.36 bits per heavy atom. The summed E-state index contributed by atoms with van der Waals surface area (Å²) < 4.78 is 0. The molecule has 1 N–H and O–H groups in total. The lowest BCUT2D eigenvalue weighted by molar-refractivity contribution is -0.122. The van der Waals surface area contributed by atoms with Crippen LogP contribution in [0.15, 0.2) is 0 Å². The zero-order chi connectivity index (χ0) is 9.07. The zero-order valence-corrected chi connectivity index (χ0v) is 8.33. The fourth-order valence-electron chi connectivity index (χ4n) is 0.521. The Bertz CT molecular complexity index is 143. The van der Waals surface area contributed by atoms with Crippen LogP contribution in [0.3, 0.4) is 0 Å². The average Bonchev–Trinajstić information content (AvgIpc) is 1.87. The van der Waals surface area contributed by atoms with Crippen molar-refractivity contribution >= 4 is 17.5 Å². The van der Waals surface area contributed by atoms with Gasteiger partial charge in [-0.25, -0.2) is 0 Å². The molecule has 0 bridgehead atoms. The van der Waals surface area contributed by atoms with Gasteiger partial charge >= 0.3 is 0 Å². The van der Waals surface area contributed by atoms with Gasteiger partial charge in [0, 0.05) is 5.54 Å². The maximum atomic E-state index is 11.1. The molecule has 1 amide bonds. The van der Waals surface area contributed by atoms with Crippen LogP contribution in [0.4, 0.5) is 0 Å². The van der Waals surface area contributed by atoms with E-state index in [1.165, 1.54) is 0 Å². The summed E-state index contributed by atoms with van der Waals surface area (Å²) in [5.74, 6) is -0.0986. The molecule has 0 heterocycles. The number of amides is 1. The second-order valence-electron chi connectivity index (χ2n) is 3.34. The third kappa shape index (κ3) is 4.25. The molecule has 0 fully saturated rings. The van der Waals surface area contributed by atoms with Gasteiger partial charge in [0.15, 0.2) is 0 Å². The Labute approximate surface area is 73.3 Å². The van der Waals surface area contributed by atoms with Crippen LogP contribution in [0.1, 0.15) is 34.1 Å². The van der Waals surface area contributed by atoms with Crippen LogP contribution >= 0.6 is 11.6 Å². The van der Waals surface area contributed by atoms with Gasteiger partial charge in [-0.2, -0.15) is 0 Å². The first-order chi connectivity index (χ1) is 4.89. The molecule has 0 unspecified atom stereocenters. The highest BCUT2D eigenvalue weighted by Gasteiger charge is 2.19. The average molecular weight is 178 g/mol. The summed E-state index contributed by atoms with van der Waals surface area (Å²) >= 11 is 5.58. The number of alkyl halides is 1. The Morgan fingerprint density at radius 1 is 1.64 bits per heavy atom. The van der Waals surface area contributed by atoms with Crippen molar-refractivity contribution in [3.63, 3.8) is 0 Å².